The molecule has 0 aliphatic rings. The van der Waals surface area contributed by atoms with Crippen molar-refractivity contribution in [2.45, 2.75) is 24.0 Å². The Bertz CT molecular complexity index is 604. The zero-order valence-corrected chi connectivity index (χ0v) is 12.3. The fraction of sp³-hybridized carbons (Fsp3) is 0.385. The zero-order valence-electron chi connectivity index (χ0n) is 11.5. The number of likely N-dealkylation sites (N-methyl/N-ethyl adjacent to an activating group) is 1. The largest absolute Gasteiger partial charge is 0.480 e. The van der Waals surface area contributed by atoms with Crippen molar-refractivity contribution in [1.82, 2.24) is 4.90 Å². The fourth-order valence-corrected chi connectivity index (χ4v) is 2.61. The summed E-state index contributed by atoms with van der Waals surface area (Å²) in [7, 11) is -2.01. The molecule has 1 amide bonds. The smallest absolute Gasteiger partial charge is 0.323 e. The molecule has 0 fully saturated rings. The minimum atomic E-state index is -3.38. The van der Waals surface area contributed by atoms with Gasteiger partial charge in [0, 0.05) is 12.6 Å². The second-order valence-electron chi connectivity index (χ2n) is 4.67. The van der Waals surface area contributed by atoms with Crippen molar-refractivity contribution in [2.24, 2.45) is 0 Å². The van der Waals surface area contributed by atoms with Crippen LogP contribution in [-0.4, -0.2) is 49.1 Å². The van der Waals surface area contributed by atoms with Crippen molar-refractivity contribution in [2.75, 3.05) is 13.6 Å². The van der Waals surface area contributed by atoms with Crippen molar-refractivity contribution >= 4 is 21.7 Å². The van der Waals surface area contributed by atoms with Crippen LogP contribution in [0.15, 0.2) is 29.2 Å². The van der Waals surface area contributed by atoms with Crippen LogP contribution in [0.1, 0.15) is 24.2 Å². The first-order chi connectivity index (χ1) is 9.16. The van der Waals surface area contributed by atoms with Gasteiger partial charge in [-0.05, 0) is 38.1 Å². The Morgan fingerprint density at radius 3 is 2.10 bits per heavy atom. The maximum absolute atomic E-state index is 11.9. The van der Waals surface area contributed by atoms with Crippen molar-refractivity contribution in [1.29, 1.82) is 0 Å². The molecule has 0 unspecified atom stereocenters. The Kier molecular flexibility index (Phi) is 4.88. The van der Waals surface area contributed by atoms with Crippen LogP contribution in [0.3, 0.4) is 0 Å². The van der Waals surface area contributed by atoms with E-state index < -0.39 is 33.5 Å². The van der Waals surface area contributed by atoms with Crippen LogP contribution in [0, 0.1) is 0 Å². The maximum atomic E-state index is 11.9. The van der Waals surface area contributed by atoms with Gasteiger partial charge >= 0.3 is 5.97 Å². The highest BCUT2D eigenvalue weighted by Crippen LogP contribution is 2.17. The van der Waals surface area contributed by atoms with Crippen molar-refractivity contribution in [3.63, 3.8) is 0 Å². The van der Waals surface area contributed by atoms with E-state index in [1.165, 1.54) is 31.3 Å². The second-order valence-corrected chi connectivity index (χ2v) is 7.18. The lowest BCUT2D eigenvalue weighted by molar-refractivity contribution is -0.137. The summed E-state index contributed by atoms with van der Waals surface area (Å²) in [5.41, 5.74) is 0.247. The van der Waals surface area contributed by atoms with Gasteiger partial charge in [-0.25, -0.2) is 8.42 Å². The van der Waals surface area contributed by atoms with Gasteiger partial charge < -0.3 is 10.0 Å². The topological polar surface area (TPSA) is 91.8 Å². The maximum Gasteiger partial charge on any atom is 0.323 e. The summed E-state index contributed by atoms with van der Waals surface area (Å²) < 4.78 is 23.8. The first-order valence-electron chi connectivity index (χ1n) is 5.97. The molecule has 0 aliphatic carbocycles. The third kappa shape index (κ3) is 3.57. The minimum Gasteiger partial charge on any atom is -0.480 e. The average Bonchev–Trinajstić information content (AvgIpc) is 2.37. The molecule has 1 aromatic rings. The summed E-state index contributed by atoms with van der Waals surface area (Å²) in [5.74, 6) is -1.58. The molecule has 0 heterocycles. The lowest BCUT2D eigenvalue weighted by Gasteiger charge is -2.15. The molecule has 0 spiro atoms. The van der Waals surface area contributed by atoms with E-state index in [1.54, 1.807) is 13.8 Å². The number of rotatable bonds is 5. The van der Waals surface area contributed by atoms with Gasteiger partial charge in [-0.15, -0.1) is 0 Å². The molecule has 7 heteroatoms. The van der Waals surface area contributed by atoms with Crippen molar-refractivity contribution in [3.8, 4) is 0 Å². The third-order valence-electron chi connectivity index (χ3n) is 2.77. The summed E-state index contributed by atoms with van der Waals surface area (Å²) in [6.07, 6.45) is 0. The van der Waals surface area contributed by atoms with Crippen LogP contribution in [0.25, 0.3) is 0 Å². The number of benzene rings is 1. The monoisotopic (exact) mass is 299 g/mol. The molecule has 1 rings (SSSR count). The molecule has 1 N–H and O–H groups in total. The predicted octanol–water partition coefficient (Wildman–Crippen LogP) is 1.03. The summed E-state index contributed by atoms with van der Waals surface area (Å²) in [6.45, 7) is 2.74. The Morgan fingerprint density at radius 2 is 1.70 bits per heavy atom. The van der Waals surface area contributed by atoms with Gasteiger partial charge in [0.25, 0.3) is 5.91 Å². The number of carboxylic acids is 1. The number of carbonyl (C=O) groups is 2. The van der Waals surface area contributed by atoms with E-state index in [1.807, 2.05) is 0 Å². The van der Waals surface area contributed by atoms with Gasteiger partial charge in [-0.2, -0.15) is 0 Å². The average molecular weight is 299 g/mol. The highest BCUT2D eigenvalue weighted by Gasteiger charge is 2.20. The molecule has 0 atom stereocenters. The van der Waals surface area contributed by atoms with Crippen LogP contribution in [0.5, 0.6) is 0 Å². The summed E-state index contributed by atoms with van der Waals surface area (Å²) >= 11 is 0. The third-order valence-corrected chi connectivity index (χ3v) is 4.94. The molecule has 20 heavy (non-hydrogen) atoms. The van der Waals surface area contributed by atoms with Gasteiger partial charge in [0.1, 0.15) is 6.54 Å². The van der Waals surface area contributed by atoms with Crippen molar-refractivity contribution in [3.05, 3.63) is 29.8 Å². The number of carboxylic acid groups (broad SMARTS) is 1. The molecular formula is C13H17NO5S. The highest BCUT2D eigenvalue weighted by molar-refractivity contribution is 7.92. The number of aliphatic carboxylic acids is 1. The van der Waals surface area contributed by atoms with E-state index in [2.05, 4.69) is 0 Å². The van der Waals surface area contributed by atoms with E-state index in [4.69, 9.17) is 5.11 Å². The number of hydrogen-bond acceptors (Lipinski definition) is 4. The molecule has 0 radical (unpaired) electrons. The molecule has 0 aliphatic heterocycles. The first kappa shape index (κ1) is 16.2. The quantitative estimate of drug-likeness (QED) is 0.876. The fourth-order valence-electron chi connectivity index (χ4n) is 1.55. The second kappa shape index (κ2) is 6.04. The van der Waals surface area contributed by atoms with Crippen LogP contribution >= 0.6 is 0 Å². The van der Waals surface area contributed by atoms with E-state index in [-0.39, 0.29) is 10.5 Å². The summed E-state index contributed by atoms with van der Waals surface area (Å²) in [4.78, 5) is 23.6. The molecule has 110 valence electrons. The Hall–Kier alpha value is -1.89. The molecule has 6 nitrogen and oxygen atoms in total. The van der Waals surface area contributed by atoms with E-state index >= 15 is 0 Å². The highest BCUT2D eigenvalue weighted by atomic mass is 32.2. The SMILES string of the molecule is CC(C)S(=O)(=O)c1ccc(C(=O)N(C)CC(=O)O)cc1. The molecule has 1 aromatic carbocycles. The van der Waals surface area contributed by atoms with Gasteiger partial charge in [0.2, 0.25) is 0 Å². The molecular weight excluding hydrogens is 282 g/mol. The number of nitrogens with zero attached hydrogens (tertiary/aromatic N) is 1. The Labute approximate surface area is 117 Å². The number of amides is 1. The summed E-state index contributed by atoms with van der Waals surface area (Å²) in [5, 5.41) is 8.08. The van der Waals surface area contributed by atoms with E-state index in [0.717, 1.165) is 4.90 Å². The summed E-state index contributed by atoms with van der Waals surface area (Å²) in [6, 6.07) is 5.49. The first-order valence-corrected chi connectivity index (χ1v) is 7.52. The molecule has 0 aromatic heterocycles. The van der Waals surface area contributed by atoms with E-state index in [9.17, 15) is 18.0 Å². The van der Waals surface area contributed by atoms with Gasteiger partial charge in [0.05, 0.1) is 10.1 Å². The van der Waals surface area contributed by atoms with E-state index in [0.29, 0.717) is 0 Å². The number of sulfone groups is 1. The number of hydrogen-bond donors (Lipinski definition) is 1. The lowest BCUT2D eigenvalue weighted by atomic mass is 10.2. The number of carbonyl (C=O) groups excluding carboxylic acids is 1. The zero-order chi connectivity index (χ0) is 15.5. The van der Waals surface area contributed by atoms with Gasteiger partial charge in [-0.1, -0.05) is 0 Å². The normalized spacial score (nSPS) is 11.4. The standard InChI is InChI=1S/C13H17NO5S/c1-9(2)20(18,19)11-6-4-10(5-7-11)13(17)14(3)8-12(15)16/h4-7,9H,8H2,1-3H3,(H,15,16). The minimum absolute atomic E-state index is 0.143. The molecule has 0 saturated carbocycles. The Morgan fingerprint density at radius 1 is 1.20 bits per heavy atom. The van der Waals surface area contributed by atoms with Gasteiger partial charge in [0.15, 0.2) is 9.84 Å². The Balaban J connectivity index is 2.98. The molecule has 0 saturated heterocycles. The van der Waals surface area contributed by atoms with Crippen LogP contribution < -0.4 is 0 Å². The predicted molar refractivity (Wildman–Crippen MR) is 73.4 cm³/mol. The van der Waals surface area contributed by atoms with Crippen LogP contribution in [0.4, 0.5) is 0 Å². The van der Waals surface area contributed by atoms with Crippen LogP contribution in [-0.2, 0) is 14.6 Å². The molecule has 0 bridgehead atoms. The van der Waals surface area contributed by atoms with Gasteiger partial charge in [-0.3, -0.25) is 9.59 Å². The lowest BCUT2D eigenvalue weighted by Crippen LogP contribution is -2.31. The van der Waals surface area contributed by atoms with Crippen molar-refractivity contribution < 1.29 is 23.1 Å². The van der Waals surface area contributed by atoms with Crippen LogP contribution in [0.2, 0.25) is 0 Å².